The first-order valence-corrected chi connectivity index (χ1v) is 4.85. The van der Waals surface area contributed by atoms with E-state index >= 15 is 0 Å². The van der Waals surface area contributed by atoms with E-state index < -0.39 is 6.09 Å². The normalized spacial score (nSPS) is 9.65. The highest BCUT2D eigenvalue weighted by molar-refractivity contribution is 5.84. The van der Waals surface area contributed by atoms with Crippen molar-refractivity contribution in [3.05, 3.63) is 42.7 Å². The Kier molecular flexibility index (Phi) is 3.15. The minimum atomic E-state index is -0.629. The van der Waals surface area contributed by atoms with Crippen molar-refractivity contribution in [1.29, 1.82) is 0 Å². The number of hydrogen-bond donors (Lipinski definition) is 2. The number of nitrogens with one attached hydrogen (secondary N) is 1. The maximum absolute atomic E-state index is 11.4. The van der Waals surface area contributed by atoms with E-state index in [0.717, 1.165) is 0 Å². The minimum Gasteiger partial charge on any atom is -0.410 e. The minimum absolute atomic E-state index is 0.278. The number of carbonyl (C=O) groups is 1. The van der Waals surface area contributed by atoms with Crippen LogP contribution < -0.4 is 15.8 Å². The standard InChI is InChI=1S/C11H10N4O2/c12-9-6-14-10(7-13-9)15-11(16)17-8-4-2-1-3-5-8/h1-7H,(H2,12,13)(H,14,15,16). The molecule has 6 heteroatoms. The van der Waals surface area contributed by atoms with Crippen LogP contribution in [0.25, 0.3) is 0 Å². The molecule has 0 atom stereocenters. The molecule has 0 aliphatic heterocycles. The Bertz CT molecular complexity index is 499. The molecular formula is C11H10N4O2. The van der Waals surface area contributed by atoms with Crippen LogP contribution in [0.3, 0.4) is 0 Å². The van der Waals surface area contributed by atoms with Gasteiger partial charge in [0, 0.05) is 0 Å². The SMILES string of the molecule is Nc1cnc(NC(=O)Oc2ccccc2)cn1. The Balaban J connectivity index is 1.96. The number of aromatic nitrogens is 2. The number of nitrogens with zero attached hydrogens (tertiary/aromatic N) is 2. The van der Waals surface area contributed by atoms with Crippen LogP contribution in [0.5, 0.6) is 5.75 Å². The molecule has 0 spiro atoms. The Labute approximate surface area is 97.5 Å². The third-order valence-electron chi connectivity index (χ3n) is 1.86. The molecule has 1 heterocycles. The van der Waals surface area contributed by atoms with Crippen LogP contribution in [0, 0.1) is 0 Å². The predicted molar refractivity (Wildman–Crippen MR) is 62.5 cm³/mol. The van der Waals surface area contributed by atoms with Crippen molar-refractivity contribution in [2.45, 2.75) is 0 Å². The summed E-state index contributed by atoms with van der Waals surface area (Å²) in [6, 6.07) is 8.72. The monoisotopic (exact) mass is 230 g/mol. The van der Waals surface area contributed by atoms with Gasteiger partial charge in [-0.25, -0.2) is 14.8 Å². The second-order valence-corrected chi connectivity index (χ2v) is 3.15. The molecule has 3 N–H and O–H groups in total. The van der Waals surface area contributed by atoms with Crippen LogP contribution in [0.1, 0.15) is 0 Å². The first-order valence-electron chi connectivity index (χ1n) is 4.85. The summed E-state index contributed by atoms with van der Waals surface area (Å²) in [5.74, 6) is 1.01. The molecule has 1 aromatic carbocycles. The molecule has 2 aromatic rings. The van der Waals surface area contributed by atoms with E-state index in [1.165, 1.54) is 12.4 Å². The number of hydrogen-bond acceptors (Lipinski definition) is 5. The molecule has 0 fully saturated rings. The zero-order valence-corrected chi connectivity index (χ0v) is 8.83. The van der Waals surface area contributed by atoms with E-state index in [0.29, 0.717) is 5.75 Å². The van der Waals surface area contributed by atoms with Crippen molar-refractivity contribution in [3.63, 3.8) is 0 Å². The van der Waals surface area contributed by atoms with Crippen molar-refractivity contribution in [3.8, 4) is 5.75 Å². The lowest BCUT2D eigenvalue weighted by molar-refractivity contribution is 0.215. The molecule has 0 saturated carbocycles. The number of carbonyl (C=O) groups excluding carboxylic acids is 1. The number of anilines is 2. The number of nitrogen functional groups attached to an aromatic ring is 1. The highest BCUT2D eigenvalue weighted by Gasteiger charge is 2.05. The lowest BCUT2D eigenvalue weighted by atomic mass is 10.3. The molecule has 17 heavy (non-hydrogen) atoms. The van der Waals surface area contributed by atoms with Gasteiger partial charge in [-0.3, -0.25) is 5.32 Å². The summed E-state index contributed by atoms with van der Waals surface area (Å²) in [6.45, 7) is 0. The second-order valence-electron chi connectivity index (χ2n) is 3.15. The van der Waals surface area contributed by atoms with E-state index in [-0.39, 0.29) is 11.6 Å². The van der Waals surface area contributed by atoms with E-state index in [1.54, 1.807) is 24.3 Å². The fraction of sp³-hybridized carbons (Fsp3) is 0. The summed E-state index contributed by atoms with van der Waals surface area (Å²) in [6.07, 6.45) is 2.06. The first-order chi connectivity index (χ1) is 8.24. The van der Waals surface area contributed by atoms with Gasteiger partial charge in [0.2, 0.25) is 0 Å². The number of benzene rings is 1. The molecule has 1 amide bonds. The average Bonchev–Trinajstić information content (AvgIpc) is 2.33. The van der Waals surface area contributed by atoms with Gasteiger partial charge in [0.15, 0.2) is 5.82 Å². The molecule has 0 bridgehead atoms. The maximum atomic E-state index is 11.4. The number of amides is 1. The van der Waals surface area contributed by atoms with E-state index in [1.807, 2.05) is 6.07 Å². The summed E-state index contributed by atoms with van der Waals surface area (Å²) in [7, 11) is 0. The van der Waals surface area contributed by atoms with Crippen LogP contribution in [-0.2, 0) is 0 Å². The lowest BCUT2D eigenvalue weighted by Crippen LogP contribution is -2.17. The van der Waals surface area contributed by atoms with Crippen LogP contribution in [-0.4, -0.2) is 16.1 Å². The van der Waals surface area contributed by atoms with Crippen LogP contribution in [0.2, 0.25) is 0 Å². The van der Waals surface area contributed by atoms with Crippen LogP contribution in [0.15, 0.2) is 42.7 Å². The number of nitrogens with two attached hydrogens (primary N) is 1. The largest absolute Gasteiger partial charge is 0.418 e. The molecule has 2 rings (SSSR count). The first kappa shape index (κ1) is 10.9. The molecule has 0 aliphatic carbocycles. The molecule has 0 aliphatic rings. The van der Waals surface area contributed by atoms with Crippen molar-refractivity contribution >= 4 is 17.7 Å². The summed E-state index contributed by atoms with van der Waals surface area (Å²) >= 11 is 0. The van der Waals surface area contributed by atoms with Crippen molar-refractivity contribution in [1.82, 2.24) is 9.97 Å². The van der Waals surface area contributed by atoms with Gasteiger partial charge in [-0.1, -0.05) is 18.2 Å². The Morgan fingerprint density at radius 3 is 2.59 bits per heavy atom. The number of para-hydroxylation sites is 1. The van der Waals surface area contributed by atoms with Crippen molar-refractivity contribution < 1.29 is 9.53 Å². The van der Waals surface area contributed by atoms with E-state index in [2.05, 4.69) is 15.3 Å². The summed E-state index contributed by atoms with van der Waals surface area (Å²) in [5.41, 5.74) is 5.36. The fourth-order valence-corrected chi connectivity index (χ4v) is 1.13. The number of ether oxygens (including phenoxy) is 1. The van der Waals surface area contributed by atoms with Gasteiger partial charge in [0.25, 0.3) is 0 Å². The smallest absolute Gasteiger partial charge is 0.410 e. The third-order valence-corrected chi connectivity index (χ3v) is 1.86. The van der Waals surface area contributed by atoms with Gasteiger partial charge in [-0.2, -0.15) is 0 Å². The summed E-state index contributed by atoms with van der Waals surface area (Å²) < 4.78 is 5.00. The Morgan fingerprint density at radius 1 is 1.18 bits per heavy atom. The zero-order valence-electron chi connectivity index (χ0n) is 8.83. The molecular weight excluding hydrogens is 220 g/mol. The Hall–Kier alpha value is -2.63. The molecule has 0 saturated heterocycles. The topological polar surface area (TPSA) is 90.1 Å². The maximum Gasteiger partial charge on any atom is 0.418 e. The van der Waals surface area contributed by atoms with Crippen molar-refractivity contribution in [2.75, 3.05) is 11.1 Å². The van der Waals surface area contributed by atoms with Gasteiger partial charge in [-0.05, 0) is 12.1 Å². The van der Waals surface area contributed by atoms with Crippen LogP contribution in [0.4, 0.5) is 16.4 Å². The van der Waals surface area contributed by atoms with Gasteiger partial charge >= 0.3 is 6.09 Å². The average molecular weight is 230 g/mol. The third kappa shape index (κ3) is 3.16. The fourth-order valence-electron chi connectivity index (χ4n) is 1.13. The number of rotatable bonds is 2. The van der Waals surface area contributed by atoms with Gasteiger partial charge < -0.3 is 10.5 Å². The highest BCUT2D eigenvalue weighted by Crippen LogP contribution is 2.09. The van der Waals surface area contributed by atoms with Crippen LogP contribution >= 0.6 is 0 Å². The predicted octanol–water partition coefficient (Wildman–Crippen LogP) is 1.67. The zero-order chi connectivity index (χ0) is 12.1. The lowest BCUT2D eigenvalue weighted by Gasteiger charge is -2.05. The molecule has 0 radical (unpaired) electrons. The summed E-state index contributed by atoms with van der Waals surface area (Å²) in [5, 5.41) is 2.43. The van der Waals surface area contributed by atoms with E-state index in [4.69, 9.17) is 10.5 Å². The second kappa shape index (κ2) is 4.93. The molecule has 1 aromatic heterocycles. The van der Waals surface area contributed by atoms with E-state index in [9.17, 15) is 4.79 Å². The van der Waals surface area contributed by atoms with Crippen molar-refractivity contribution in [2.24, 2.45) is 0 Å². The Morgan fingerprint density at radius 2 is 1.94 bits per heavy atom. The van der Waals surface area contributed by atoms with Gasteiger partial charge in [0.05, 0.1) is 12.4 Å². The quantitative estimate of drug-likeness (QED) is 0.818. The van der Waals surface area contributed by atoms with Gasteiger partial charge in [0.1, 0.15) is 11.6 Å². The molecule has 86 valence electrons. The molecule has 6 nitrogen and oxygen atoms in total. The molecule has 0 unspecified atom stereocenters. The summed E-state index contributed by atoms with van der Waals surface area (Å²) in [4.78, 5) is 19.1. The van der Waals surface area contributed by atoms with Gasteiger partial charge in [-0.15, -0.1) is 0 Å². The highest BCUT2D eigenvalue weighted by atomic mass is 16.6.